The minimum atomic E-state index is -0.247. The van der Waals surface area contributed by atoms with Crippen molar-refractivity contribution in [1.29, 1.82) is 0 Å². The third-order valence-electron chi connectivity index (χ3n) is 2.44. The fraction of sp³-hybridized carbons (Fsp3) is 0.364. The average molecular weight is 250 g/mol. The Labute approximate surface area is 103 Å². The van der Waals surface area contributed by atoms with Gasteiger partial charge in [-0.1, -0.05) is 0 Å². The fourth-order valence-electron chi connectivity index (χ4n) is 1.57. The highest BCUT2D eigenvalue weighted by Crippen LogP contribution is 2.07. The molecule has 96 valence electrons. The number of rotatable bonds is 6. The second kappa shape index (κ2) is 5.56. The molecule has 7 nitrogen and oxygen atoms in total. The molecule has 0 atom stereocenters. The van der Waals surface area contributed by atoms with Crippen LogP contribution in [0, 0.1) is 0 Å². The molecule has 0 aliphatic carbocycles. The minimum Gasteiger partial charge on any atom is -0.396 e. The number of aliphatic hydroxyl groups is 2. The van der Waals surface area contributed by atoms with Gasteiger partial charge in [0, 0.05) is 12.8 Å². The number of hydrogen-bond acceptors (Lipinski definition) is 5. The van der Waals surface area contributed by atoms with E-state index in [0.717, 1.165) is 0 Å². The molecule has 2 rings (SSSR count). The SMILES string of the molecule is O=C(c1cnc(CCO)[nH]1)c1cnc(CCO)[nH]1. The second-order valence-corrected chi connectivity index (χ2v) is 3.76. The molecule has 2 aromatic heterocycles. The zero-order chi connectivity index (χ0) is 13.0. The van der Waals surface area contributed by atoms with Crippen molar-refractivity contribution in [2.24, 2.45) is 0 Å². The molecule has 0 saturated carbocycles. The van der Waals surface area contributed by atoms with E-state index < -0.39 is 0 Å². The number of aliphatic hydroxyl groups excluding tert-OH is 2. The summed E-state index contributed by atoms with van der Waals surface area (Å²) in [5.41, 5.74) is 0.690. The maximum absolute atomic E-state index is 12.0. The van der Waals surface area contributed by atoms with Crippen molar-refractivity contribution in [1.82, 2.24) is 19.9 Å². The van der Waals surface area contributed by atoms with Crippen molar-refractivity contribution in [2.45, 2.75) is 12.8 Å². The predicted molar refractivity (Wildman–Crippen MR) is 62.2 cm³/mol. The van der Waals surface area contributed by atoms with E-state index in [9.17, 15) is 4.79 Å². The molecule has 0 fully saturated rings. The molecule has 0 radical (unpaired) electrons. The van der Waals surface area contributed by atoms with Crippen molar-refractivity contribution in [3.8, 4) is 0 Å². The van der Waals surface area contributed by atoms with Crippen molar-refractivity contribution in [2.75, 3.05) is 13.2 Å². The molecular weight excluding hydrogens is 236 g/mol. The van der Waals surface area contributed by atoms with Gasteiger partial charge in [-0.2, -0.15) is 0 Å². The highest BCUT2D eigenvalue weighted by molar-refractivity contribution is 6.06. The van der Waals surface area contributed by atoms with Crippen LogP contribution in [0.5, 0.6) is 0 Å². The van der Waals surface area contributed by atoms with Gasteiger partial charge in [0.15, 0.2) is 0 Å². The summed E-state index contributed by atoms with van der Waals surface area (Å²) in [5, 5.41) is 17.5. The van der Waals surface area contributed by atoms with E-state index in [1.54, 1.807) is 0 Å². The molecule has 4 N–H and O–H groups in total. The summed E-state index contributed by atoms with van der Waals surface area (Å²) in [4.78, 5) is 25.7. The maximum Gasteiger partial charge on any atom is 0.228 e. The third kappa shape index (κ3) is 2.63. The number of imidazole rings is 2. The number of carbonyl (C=O) groups excluding carboxylic acids is 1. The minimum absolute atomic E-state index is 0.0220. The molecular formula is C11H14N4O3. The Morgan fingerprint density at radius 3 is 1.83 bits per heavy atom. The summed E-state index contributed by atoms with van der Waals surface area (Å²) in [6.07, 6.45) is 3.62. The molecule has 7 heteroatoms. The van der Waals surface area contributed by atoms with Crippen LogP contribution < -0.4 is 0 Å². The second-order valence-electron chi connectivity index (χ2n) is 3.76. The summed E-state index contributed by atoms with van der Waals surface area (Å²) in [7, 11) is 0. The maximum atomic E-state index is 12.0. The van der Waals surface area contributed by atoms with E-state index in [2.05, 4.69) is 19.9 Å². The van der Waals surface area contributed by atoms with E-state index in [0.29, 0.717) is 35.9 Å². The van der Waals surface area contributed by atoms with E-state index in [-0.39, 0.29) is 19.0 Å². The fourth-order valence-corrected chi connectivity index (χ4v) is 1.57. The summed E-state index contributed by atoms with van der Waals surface area (Å²) in [6, 6.07) is 0. The molecule has 0 aromatic carbocycles. The van der Waals surface area contributed by atoms with Crippen molar-refractivity contribution < 1.29 is 15.0 Å². The Hall–Kier alpha value is -1.99. The first-order chi connectivity index (χ1) is 8.74. The number of nitrogens with one attached hydrogen (secondary N) is 2. The summed E-state index contributed by atoms with van der Waals surface area (Å²) >= 11 is 0. The third-order valence-corrected chi connectivity index (χ3v) is 2.44. The lowest BCUT2D eigenvalue weighted by Gasteiger charge is -1.94. The molecule has 2 heterocycles. The van der Waals surface area contributed by atoms with E-state index in [4.69, 9.17) is 10.2 Å². The van der Waals surface area contributed by atoms with Gasteiger partial charge < -0.3 is 20.2 Å². The average Bonchev–Trinajstić information content (AvgIpc) is 2.98. The number of nitrogens with zero attached hydrogens (tertiary/aromatic N) is 2. The largest absolute Gasteiger partial charge is 0.396 e. The molecule has 0 spiro atoms. The smallest absolute Gasteiger partial charge is 0.228 e. The Kier molecular flexibility index (Phi) is 3.85. The lowest BCUT2D eigenvalue weighted by atomic mass is 10.2. The molecule has 0 aliphatic rings. The number of carbonyl (C=O) groups is 1. The van der Waals surface area contributed by atoms with Gasteiger partial charge in [-0.05, 0) is 0 Å². The first-order valence-electron chi connectivity index (χ1n) is 5.58. The zero-order valence-electron chi connectivity index (χ0n) is 9.68. The first kappa shape index (κ1) is 12.5. The summed E-state index contributed by atoms with van der Waals surface area (Å²) < 4.78 is 0. The van der Waals surface area contributed by atoms with Crippen molar-refractivity contribution in [3.05, 3.63) is 35.4 Å². The van der Waals surface area contributed by atoms with Crippen molar-refractivity contribution in [3.63, 3.8) is 0 Å². The topological polar surface area (TPSA) is 115 Å². The molecule has 0 saturated heterocycles. The zero-order valence-corrected chi connectivity index (χ0v) is 9.68. The molecule has 2 aromatic rings. The van der Waals surface area contributed by atoms with Gasteiger partial charge in [0.2, 0.25) is 5.78 Å². The van der Waals surface area contributed by atoms with Crippen LogP contribution in [0.4, 0.5) is 0 Å². The predicted octanol–water partition coefficient (Wildman–Crippen LogP) is -0.567. The van der Waals surface area contributed by atoms with Gasteiger partial charge in [0.05, 0.1) is 25.6 Å². The van der Waals surface area contributed by atoms with Crippen LogP contribution >= 0.6 is 0 Å². The summed E-state index contributed by atoms with van der Waals surface area (Å²) in [5.74, 6) is 0.885. The van der Waals surface area contributed by atoms with Crippen LogP contribution in [-0.4, -0.2) is 49.1 Å². The quantitative estimate of drug-likeness (QED) is 0.513. The van der Waals surface area contributed by atoms with Gasteiger partial charge in [0.25, 0.3) is 0 Å². The van der Waals surface area contributed by atoms with Crippen LogP contribution in [0.1, 0.15) is 27.8 Å². The van der Waals surface area contributed by atoms with E-state index in [1.807, 2.05) is 0 Å². The lowest BCUT2D eigenvalue weighted by Crippen LogP contribution is -2.03. The van der Waals surface area contributed by atoms with Crippen LogP contribution in [0.15, 0.2) is 12.4 Å². The van der Waals surface area contributed by atoms with Gasteiger partial charge in [-0.3, -0.25) is 4.79 Å². The Morgan fingerprint density at radius 1 is 1.00 bits per heavy atom. The highest BCUT2D eigenvalue weighted by Gasteiger charge is 2.14. The monoisotopic (exact) mass is 250 g/mol. The van der Waals surface area contributed by atoms with E-state index in [1.165, 1.54) is 12.4 Å². The molecule has 0 unspecified atom stereocenters. The number of ketones is 1. The molecule has 18 heavy (non-hydrogen) atoms. The number of aromatic nitrogens is 4. The van der Waals surface area contributed by atoms with Crippen molar-refractivity contribution >= 4 is 5.78 Å². The molecule has 0 bridgehead atoms. The van der Waals surface area contributed by atoms with Gasteiger partial charge in [-0.25, -0.2) is 9.97 Å². The Morgan fingerprint density at radius 2 is 1.44 bits per heavy atom. The number of H-pyrrole nitrogens is 2. The first-order valence-corrected chi connectivity index (χ1v) is 5.58. The van der Waals surface area contributed by atoms with Gasteiger partial charge in [-0.15, -0.1) is 0 Å². The van der Waals surface area contributed by atoms with Crippen LogP contribution in [0.2, 0.25) is 0 Å². The van der Waals surface area contributed by atoms with Crippen LogP contribution in [0.25, 0.3) is 0 Å². The van der Waals surface area contributed by atoms with Crippen LogP contribution in [0.3, 0.4) is 0 Å². The number of hydrogen-bond donors (Lipinski definition) is 4. The molecule has 0 amide bonds. The Balaban J connectivity index is 2.13. The number of aromatic amines is 2. The highest BCUT2D eigenvalue weighted by atomic mass is 16.3. The normalized spacial score (nSPS) is 10.8. The summed E-state index contributed by atoms with van der Waals surface area (Å²) in [6.45, 7) is -0.0439. The Bertz CT molecular complexity index is 486. The van der Waals surface area contributed by atoms with E-state index >= 15 is 0 Å². The lowest BCUT2D eigenvalue weighted by molar-refractivity contribution is 0.103. The van der Waals surface area contributed by atoms with Gasteiger partial charge in [0.1, 0.15) is 23.0 Å². The van der Waals surface area contributed by atoms with Crippen LogP contribution in [-0.2, 0) is 12.8 Å². The standard InChI is InChI=1S/C11H14N4O3/c16-3-1-9-12-5-7(14-9)11(18)8-6-13-10(15-8)2-4-17/h5-6,16-17H,1-4H2,(H,12,14)(H,13,15). The molecule has 0 aliphatic heterocycles. The van der Waals surface area contributed by atoms with Gasteiger partial charge >= 0.3 is 0 Å².